The monoisotopic (exact) mass is 221 g/mol. The Hall–Kier alpha value is -1.55. The van der Waals surface area contributed by atoms with E-state index in [1.807, 2.05) is 18.2 Å². The van der Waals surface area contributed by atoms with Crippen molar-refractivity contribution in [3.05, 3.63) is 29.3 Å². The molecule has 0 radical (unpaired) electrons. The smallest absolute Gasteiger partial charge is 0.306 e. The van der Waals surface area contributed by atoms with Gasteiger partial charge in [-0.05, 0) is 36.2 Å². The van der Waals surface area contributed by atoms with Crippen molar-refractivity contribution in [3.8, 4) is 5.75 Å². The second kappa shape index (κ2) is 4.99. The molecule has 0 unspecified atom stereocenters. The number of nitrogens with one attached hydrogen (secondary N) is 1. The van der Waals surface area contributed by atoms with E-state index in [1.54, 1.807) is 0 Å². The summed E-state index contributed by atoms with van der Waals surface area (Å²) in [5.41, 5.74) is 2.60. The molecule has 0 spiro atoms. The van der Waals surface area contributed by atoms with Gasteiger partial charge in [0.2, 0.25) is 0 Å². The molecular formula is C12H15NO3. The van der Waals surface area contributed by atoms with Crippen LogP contribution in [0.5, 0.6) is 5.75 Å². The van der Waals surface area contributed by atoms with Crippen LogP contribution in [-0.2, 0) is 17.8 Å². The van der Waals surface area contributed by atoms with Crippen molar-refractivity contribution < 1.29 is 14.6 Å². The molecule has 4 heteroatoms. The maximum atomic E-state index is 10.3. The third-order valence-electron chi connectivity index (χ3n) is 2.65. The molecule has 86 valence electrons. The number of carboxylic acid groups (broad SMARTS) is 1. The van der Waals surface area contributed by atoms with Gasteiger partial charge in [0.05, 0.1) is 13.0 Å². The van der Waals surface area contributed by atoms with Gasteiger partial charge in [0, 0.05) is 6.54 Å². The largest absolute Gasteiger partial charge is 0.493 e. The number of carboxylic acids is 1. The lowest BCUT2D eigenvalue weighted by Crippen LogP contribution is -2.23. The first-order valence-electron chi connectivity index (χ1n) is 5.43. The lowest BCUT2D eigenvalue weighted by atomic mass is 10.0. The third kappa shape index (κ3) is 2.73. The molecule has 1 aliphatic rings. The molecule has 0 saturated carbocycles. The molecule has 16 heavy (non-hydrogen) atoms. The van der Waals surface area contributed by atoms with E-state index in [0.717, 1.165) is 25.3 Å². The van der Waals surface area contributed by atoms with Crippen LogP contribution in [0.25, 0.3) is 0 Å². The van der Waals surface area contributed by atoms with Gasteiger partial charge < -0.3 is 15.2 Å². The van der Waals surface area contributed by atoms with Crippen LogP contribution >= 0.6 is 0 Å². The first-order valence-corrected chi connectivity index (χ1v) is 5.43. The van der Waals surface area contributed by atoms with Gasteiger partial charge in [-0.3, -0.25) is 4.79 Å². The highest BCUT2D eigenvalue weighted by atomic mass is 16.5. The predicted octanol–water partition coefficient (Wildman–Crippen LogP) is 1.19. The second-order valence-corrected chi connectivity index (χ2v) is 3.85. The van der Waals surface area contributed by atoms with Crippen molar-refractivity contribution in [3.63, 3.8) is 0 Å². The molecular weight excluding hydrogens is 206 g/mol. The Balaban J connectivity index is 1.97. The summed E-state index contributed by atoms with van der Waals surface area (Å²) in [5, 5.41) is 11.8. The van der Waals surface area contributed by atoms with Crippen LogP contribution in [0.2, 0.25) is 0 Å². The Morgan fingerprint density at radius 1 is 1.44 bits per heavy atom. The van der Waals surface area contributed by atoms with Crippen molar-refractivity contribution in [2.24, 2.45) is 0 Å². The zero-order valence-electron chi connectivity index (χ0n) is 9.03. The number of ether oxygens (including phenoxy) is 1. The van der Waals surface area contributed by atoms with Crippen LogP contribution in [0, 0.1) is 0 Å². The Kier molecular flexibility index (Phi) is 3.41. The zero-order valence-corrected chi connectivity index (χ0v) is 9.03. The molecule has 0 aromatic heterocycles. The van der Waals surface area contributed by atoms with Crippen molar-refractivity contribution in [1.82, 2.24) is 5.32 Å². The maximum Gasteiger partial charge on any atom is 0.306 e. The lowest BCUT2D eigenvalue weighted by molar-refractivity contribution is -0.137. The van der Waals surface area contributed by atoms with Gasteiger partial charge in [-0.25, -0.2) is 0 Å². The summed E-state index contributed by atoms with van der Waals surface area (Å²) in [7, 11) is 0. The van der Waals surface area contributed by atoms with E-state index >= 15 is 0 Å². The van der Waals surface area contributed by atoms with Crippen molar-refractivity contribution >= 4 is 5.97 Å². The van der Waals surface area contributed by atoms with Gasteiger partial charge in [-0.15, -0.1) is 0 Å². The fraction of sp³-hybridized carbons (Fsp3) is 0.417. The quantitative estimate of drug-likeness (QED) is 0.801. The average Bonchev–Trinajstić information content (AvgIpc) is 2.28. The molecule has 1 aliphatic heterocycles. The molecule has 0 amide bonds. The molecule has 0 atom stereocenters. The predicted molar refractivity (Wildman–Crippen MR) is 59.6 cm³/mol. The van der Waals surface area contributed by atoms with Crippen LogP contribution in [0.3, 0.4) is 0 Å². The maximum absolute atomic E-state index is 10.3. The van der Waals surface area contributed by atoms with Crippen molar-refractivity contribution in [1.29, 1.82) is 0 Å². The minimum Gasteiger partial charge on any atom is -0.493 e. The normalized spacial score (nSPS) is 14.2. The molecule has 0 aliphatic carbocycles. The number of hydrogen-bond acceptors (Lipinski definition) is 3. The van der Waals surface area contributed by atoms with Gasteiger partial charge in [-0.1, -0.05) is 6.07 Å². The Bertz CT molecular complexity index is 390. The molecule has 1 aromatic carbocycles. The van der Waals surface area contributed by atoms with Gasteiger partial charge >= 0.3 is 5.97 Å². The van der Waals surface area contributed by atoms with E-state index in [2.05, 4.69) is 5.32 Å². The van der Waals surface area contributed by atoms with Crippen LogP contribution in [0.4, 0.5) is 0 Å². The number of aliphatic carboxylic acids is 1. The summed E-state index contributed by atoms with van der Waals surface area (Å²) in [4.78, 5) is 10.3. The summed E-state index contributed by atoms with van der Waals surface area (Å²) < 4.78 is 5.38. The highest BCUT2D eigenvalue weighted by Gasteiger charge is 2.09. The van der Waals surface area contributed by atoms with Crippen LogP contribution in [0.15, 0.2) is 18.2 Å². The molecule has 2 rings (SSSR count). The summed E-state index contributed by atoms with van der Waals surface area (Å²) in [6.07, 6.45) is 1.05. The summed E-state index contributed by atoms with van der Waals surface area (Å²) in [6.45, 7) is 2.13. The van der Waals surface area contributed by atoms with Gasteiger partial charge in [0.1, 0.15) is 5.75 Å². The SMILES string of the molecule is O=C(O)CCOc1ccc2c(c1)CCNC2. The average molecular weight is 221 g/mol. The van der Waals surface area contributed by atoms with E-state index in [0.29, 0.717) is 0 Å². The number of carbonyl (C=O) groups is 1. The Labute approximate surface area is 94.2 Å². The van der Waals surface area contributed by atoms with E-state index < -0.39 is 5.97 Å². The van der Waals surface area contributed by atoms with E-state index in [-0.39, 0.29) is 13.0 Å². The molecule has 0 bridgehead atoms. The molecule has 0 fully saturated rings. The zero-order chi connectivity index (χ0) is 11.4. The molecule has 1 aromatic rings. The second-order valence-electron chi connectivity index (χ2n) is 3.85. The Morgan fingerprint density at radius 2 is 2.31 bits per heavy atom. The molecule has 0 saturated heterocycles. The van der Waals surface area contributed by atoms with Crippen molar-refractivity contribution in [2.75, 3.05) is 13.2 Å². The summed E-state index contributed by atoms with van der Waals surface area (Å²) >= 11 is 0. The number of benzene rings is 1. The molecule has 2 N–H and O–H groups in total. The topological polar surface area (TPSA) is 58.6 Å². The van der Waals surface area contributed by atoms with E-state index in [4.69, 9.17) is 9.84 Å². The first kappa shape index (κ1) is 11.0. The standard InChI is InChI=1S/C12H15NO3/c14-12(15)4-6-16-11-2-1-10-8-13-5-3-9(10)7-11/h1-2,7,13H,3-6,8H2,(H,14,15). The Morgan fingerprint density at radius 3 is 3.12 bits per heavy atom. The minimum atomic E-state index is -0.831. The number of rotatable bonds is 4. The lowest BCUT2D eigenvalue weighted by Gasteiger charge is -2.17. The third-order valence-corrected chi connectivity index (χ3v) is 2.65. The van der Waals surface area contributed by atoms with E-state index in [9.17, 15) is 4.79 Å². The molecule has 4 nitrogen and oxygen atoms in total. The van der Waals surface area contributed by atoms with Gasteiger partial charge in [-0.2, -0.15) is 0 Å². The van der Waals surface area contributed by atoms with Crippen LogP contribution in [-0.4, -0.2) is 24.2 Å². The highest BCUT2D eigenvalue weighted by Crippen LogP contribution is 2.20. The van der Waals surface area contributed by atoms with Gasteiger partial charge in [0.15, 0.2) is 0 Å². The summed E-state index contributed by atoms with van der Waals surface area (Å²) in [6, 6.07) is 5.95. The summed E-state index contributed by atoms with van der Waals surface area (Å²) in [5.74, 6) is -0.0657. The van der Waals surface area contributed by atoms with Crippen LogP contribution in [0.1, 0.15) is 17.5 Å². The highest BCUT2D eigenvalue weighted by molar-refractivity contribution is 5.66. The molecule has 1 heterocycles. The minimum absolute atomic E-state index is 0.0403. The van der Waals surface area contributed by atoms with Crippen molar-refractivity contribution in [2.45, 2.75) is 19.4 Å². The van der Waals surface area contributed by atoms with Crippen LogP contribution < -0.4 is 10.1 Å². The number of fused-ring (bicyclic) bond motifs is 1. The fourth-order valence-corrected chi connectivity index (χ4v) is 1.80. The van der Waals surface area contributed by atoms with E-state index in [1.165, 1.54) is 11.1 Å². The first-order chi connectivity index (χ1) is 7.75. The number of hydrogen-bond donors (Lipinski definition) is 2. The fourth-order valence-electron chi connectivity index (χ4n) is 1.80. The van der Waals surface area contributed by atoms with Gasteiger partial charge in [0.25, 0.3) is 0 Å².